The van der Waals surface area contributed by atoms with E-state index in [4.69, 9.17) is 11.6 Å². The molecule has 0 saturated carbocycles. The molecule has 4 N–H and O–H groups in total. The molecule has 16 rings (SSSR count). The third kappa shape index (κ3) is 18.2. The summed E-state index contributed by atoms with van der Waals surface area (Å²) in [5, 5.41) is 16.8. The molecule has 0 spiro atoms. The number of carbonyl (C=O) groups excluding carboxylic acids is 4. The quantitative estimate of drug-likeness (QED) is 0.0760. The first-order chi connectivity index (χ1) is 52.4. The average molecular weight is 1440 g/mol. The van der Waals surface area contributed by atoms with Gasteiger partial charge in [0.15, 0.2) is 0 Å². The highest BCUT2D eigenvalue weighted by molar-refractivity contribution is 6.31. The molecule has 14 heteroatoms. The maximum Gasteiger partial charge on any atom is 0.274 e. The molecule has 0 atom stereocenters. The first-order valence-corrected chi connectivity index (χ1v) is 36.4. The van der Waals surface area contributed by atoms with Crippen LogP contribution >= 0.6 is 11.6 Å². The summed E-state index contributed by atoms with van der Waals surface area (Å²) in [5.41, 5.74) is 23.1. The SMILES string of the molecule is Cc1ccc(Cn2cc(NC(=O)c3cc(Cl)ccn3)c3ccccc32)cc1.Cc1ccc(Cn2cc(NC(=O)c3ccc(C)cc3)c3ccccc32)cc1.Cc1ccc(Cn2cc(NC(=O)c3cccc(C)c3)c3ccccc32)cc1.Cc1ccc(Cn2cc(NC(=O)c3ccccc3C)c3ccccc32)cc1. The minimum Gasteiger partial charge on any atom is -0.341 e. The fourth-order valence-corrected chi connectivity index (χ4v) is 13.2. The zero-order valence-electron chi connectivity index (χ0n) is 61.5. The van der Waals surface area contributed by atoms with Crippen LogP contribution < -0.4 is 21.3 Å². The fraction of sp³-hybridized carbons (Fsp3) is 0.117. The van der Waals surface area contributed by atoms with Crippen LogP contribution in [0, 0.1) is 48.5 Å². The zero-order chi connectivity index (χ0) is 75.2. The van der Waals surface area contributed by atoms with Crippen LogP contribution in [-0.4, -0.2) is 46.9 Å². The average Bonchev–Trinajstić information content (AvgIpc) is 1.67. The first kappa shape index (κ1) is 73.2. The number of carbonyl (C=O) groups is 4. The van der Waals surface area contributed by atoms with Crippen molar-refractivity contribution >= 4 is 102 Å². The Morgan fingerprint density at radius 2 is 0.630 bits per heavy atom. The molecule has 0 aliphatic rings. The molecular weight excluding hydrogens is 1350 g/mol. The maximum absolute atomic E-state index is 12.8. The topological polar surface area (TPSA) is 149 Å². The Morgan fingerprint density at radius 1 is 0.306 bits per heavy atom. The van der Waals surface area contributed by atoms with Gasteiger partial charge in [0.1, 0.15) is 5.69 Å². The summed E-state index contributed by atoms with van der Waals surface area (Å²) in [5.74, 6) is -0.535. The first-order valence-electron chi connectivity index (χ1n) is 36.0. The minimum atomic E-state index is -0.282. The van der Waals surface area contributed by atoms with Gasteiger partial charge in [-0.15, -0.1) is 0 Å². The number of anilines is 4. The number of rotatable bonds is 16. The number of amides is 4. The number of hydrogen-bond donors (Lipinski definition) is 4. The second kappa shape index (κ2) is 33.8. The van der Waals surface area contributed by atoms with E-state index < -0.39 is 0 Å². The summed E-state index contributed by atoms with van der Waals surface area (Å²) >= 11 is 5.97. The Hall–Kier alpha value is -13.1. The molecule has 4 amide bonds. The number of para-hydroxylation sites is 4. The Bertz CT molecular complexity index is 5690. The third-order valence-electron chi connectivity index (χ3n) is 19.0. The molecule has 0 aliphatic heterocycles. The molecule has 5 aromatic heterocycles. The molecule has 5 heterocycles. The number of halogens is 1. The van der Waals surface area contributed by atoms with Crippen LogP contribution in [0.1, 0.15) is 103 Å². The molecule has 0 radical (unpaired) electrons. The molecule has 0 saturated heterocycles. The minimum absolute atomic E-state index is 0.0775. The predicted molar refractivity (Wildman–Crippen MR) is 443 cm³/mol. The molecule has 0 bridgehead atoms. The second-order valence-electron chi connectivity index (χ2n) is 27.4. The number of benzene rings is 11. The van der Waals surface area contributed by atoms with Gasteiger partial charge in [-0.25, -0.2) is 0 Å². The van der Waals surface area contributed by atoms with Crippen LogP contribution in [-0.2, 0) is 26.2 Å². The number of aryl methyl sites for hydroxylation is 7. The van der Waals surface area contributed by atoms with Crippen LogP contribution in [0.25, 0.3) is 43.6 Å². The van der Waals surface area contributed by atoms with Gasteiger partial charge in [0.2, 0.25) is 0 Å². The van der Waals surface area contributed by atoms with Crippen LogP contribution in [0.5, 0.6) is 0 Å². The van der Waals surface area contributed by atoms with Gasteiger partial charge < -0.3 is 39.5 Å². The molecule has 0 fully saturated rings. The predicted octanol–water partition coefficient (Wildman–Crippen LogP) is 22.0. The smallest absolute Gasteiger partial charge is 0.274 e. The Kier molecular flexibility index (Phi) is 22.9. The van der Waals surface area contributed by atoms with E-state index in [0.717, 1.165) is 109 Å². The molecule has 0 aliphatic carbocycles. The van der Waals surface area contributed by atoms with Gasteiger partial charge in [-0.05, 0) is 143 Å². The van der Waals surface area contributed by atoms with Crippen molar-refractivity contribution in [3.8, 4) is 0 Å². The van der Waals surface area contributed by atoms with E-state index in [1.807, 2.05) is 185 Å². The van der Waals surface area contributed by atoms with Gasteiger partial charge in [-0.2, -0.15) is 0 Å². The van der Waals surface area contributed by atoms with E-state index in [-0.39, 0.29) is 29.3 Å². The number of aromatic nitrogens is 5. The van der Waals surface area contributed by atoms with Crippen LogP contribution in [0.4, 0.5) is 22.7 Å². The summed E-state index contributed by atoms with van der Waals surface area (Å²) in [6, 6.07) is 92.7. The summed E-state index contributed by atoms with van der Waals surface area (Å²) in [4.78, 5) is 54.8. The molecule has 108 heavy (non-hydrogen) atoms. The lowest BCUT2D eigenvalue weighted by Gasteiger charge is -2.06. The third-order valence-corrected chi connectivity index (χ3v) is 19.2. The standard InChI is InChI=1S/3C24H22N2O.C22H18ClN3O/c1-17-10-12-19(13-11-17)15-26-16-22(21-8-3-4-9-23(21)26)25-24(27)20-7-5-6-18(2)14-20;1-17-11-13-19(14-12-17)15-26-16-22(21-9-5-6-10-23(21)26)25-24(27)20-8-4-3-7-18(20)2;1-17-7-11-19(12-8-17)15-26-16-22(21-5-3-4-6-23(21)26)25-24(27)20-13-9-18(2)10-14-20;1-15-6-8-16(9-7-15)13-26-14-20(18-4-2-3-5-21(18)26)25-22(27)19-12-17(23)10-11-24-19/h3*3-14,16H,15H2,1-2H3,(H,25,27);2-12,14H,13H2,1H3,(H,25,27). The maximum atomic E-state index is 12.8. The lowest BCUT2D eigenvalue weighted by molar-refractivity contribution is 0.101. The van der Waals surface area contributed by atoms with Crippen molar-refractivity contribution in [2.75, 3.05) is 21.3 Å². The lowest BCUT2D eigenvalue weighted by Crippen LogP contribution is -2.13. The van der Waals surface area contributed by atoms with Crippen LogP contribution in [0.3, 0.4) is 0 Å². The Balaban J connectivity index is 0.000000127. The van der Waals surface area contributed by atoms with Gasteiger partial charge in [-0.1, -0.05) is 257 Å². The van der Waals surface area contributed by atoms with E-state index >= 15 is 0 Å². The molecule has 536 valence electrons. The highest BCUT2D eigenvalue weighted by atomic mass is 35.5. The highest BCUT2D eigenvalue weighted by Crippen LogP contribution is 2.32. The van der Waals surface area contributed by atoms with Gasteiger partial charge in [-0.3, -0.25) is 24.2 Å². The number of nitrogens with zero attached hydrogens (tertiary/aromatic N) is 5. The van der Waals surface area contributed by atoms with Crippen molar-refractivity contribution in [1.82, 2.24) is 23.3 Å². The second-order valence-corrected chi connectivity index (χ2v) is 27.9. The van der Waals surface area contributed by atoms with Crippen LogP contribution in [0.15, 0.2) is 310 Å². The van der Waals surface area contributed by atoms with Gasteiger partial charge >= 0.3 is 0 Å². The van der Waals surface area contributed by atoms with E-state index in [1.54, 1.807) is 12.1 Å². The molecule has 13 nitrogen and oxygen atoms in total. The van der Waals surface area contributed by atoms with E-state index in [9.17, 15) is 19.2 Å². The Labute approximate surface area is 634 Å². The molecular formula is C94H84ClN9O4. The summed E-state index contributed by atoms with van der Waals surface area (Å²) in [6.45, 7) is 17.3. The largest absolute Gasteiger partial charge is 0.341 e. The van der Waals surface area contributed by atoms with E-state index in [1.165, 1.54) is 50.7 Å². The van der Waals surface area contributed by atoms with Crippen molar-refractivity contribution in [2.45, 2.75) is 74.6 Å². The van der Waals surface area contributed by atoms with Crippen LogP contribution in [0.2, 0.25) is 5.02 Å². The van der Waals surface area contributed by atoms with Crippen molar-refractivity contribution in [2.24, 2.45) is 0 Å². The van der Waals surface area contributed by atoms with E-state index in [0.29, 0.717) is 21.7 Å². The highest BCUT2D eigenvalue weighted by Gasteiger charge is 2.19. The fourth-order valence-electron chi connectivity index (χ4n) is 13.1. The van der Waals surface area contributed by atoms with Crippen molar-refractivity contribution in [1.29, 1.82) is 0 Å². The van der Waals surface area contributed by atoms with Gasteiger partial charge in [0, 0.05) is 100 Å². The van der Waals surface area contributed by atoms with Crippen molar-refractivity contribution < 1.29 is 19.2 Å². The lowest BCUT2D eigenvalue weighted by atomic mass is 10.1. The Morgan fingerprint density at radius 3 is 0.991 bits per heavy atom. The van der Waals surface area contributed by atoms with Crippen molar-refractivity contribution in [3.63, 3.8) is 0 Å². The number of fused-ring (bicyclic) bond motifs is 4. The van der Waals surface area contributed by atoms with Gasteiger partial charge in [0.05, 0.1) is 44.8 Å². The monoisotopic (exact) mass is 1440 g/mol. The molecule has 0 unspecified atom stereocenters. The van der Waals surface area contributed by atoms with E-state index in [2.05, 4.69) is 200 Å². The summed E-state index contributed by atoms with van der Waals surface area (Å²) in [7, 11) is 0. The summed E-state index contributed by atoms with van der Waals surface area (Å²) in [6.07, 6.45) is 9.57. The number of pyridine rings is 1. The van der Waals surface area contributed by atoms with Crippen molar-refractivity contribution in [3.05, 3.63) is 399 Å². The molecule has 16 aromatic rings. The normalized spacial score (nSPS) is 10.9. The molecule has 11 aromatic carbocycles. The summed E-state index contributed by atoms with van der Waals surface area (Å²) < 4.78 is 8.70. The zero-order valence-corrected chi connectivity index (χ0v) is 62.3. The number of nitrogens with one attached hydrogen (secondary N) is 4. The van der Waals surface area contributed by atoms with Gasteiger partial charge in [0.25, 0.3) is 23.6 Å². The number of hydrogen-bond acceptors (Lipinski definition) is 5.